The Labute approximate surface area is 129 Å². The zero-order valence-electron chi connectivity index (χ0n) is 12.4. The average molecular weight is 303 g/mol. The molecule has 0 aromatic carbocycles. The normalized spacial score (nSPS) is 11.9. The quantitative estimate of drug-likeness (QED) is 0.817. The van der Waals surface area contributed by atoms with Crippen LogP contribution in [0.3, 0.4) is 0 Å². The molecular weight excluding hydrogens is 282 g/mol. The van der Waals surface area contributed by atoms with Gasteiger partial charge in [0.05, 0.1) is 23.5 Å². The van der Waals surface area contributed by atoms with Gasteiger partial charge in [-0.05, 0) is 30.9 Å². The summed E-state index contributed by atoms with van der Waals surface area (Å²) in [5.41, 5.74) is 1.42. The van der Waals surface area contributed by atoms with Gasteiger partial charge in [0.1, 0.15) is 0 Å². The number of rotatable bonds is 7. The first-order valence-electron chi connectivity index (χ1n) is 7.28. The number of thiophene rings is 1. The molecule has 2 N–H and O–H groups in total. The molecule has 0 fully saturated rings. The summed E-state index contributed by atoms with van der Waals surface area (Å²) >= 11 is 1.68. The van der Waals surface area contributed by atoms with Crippen LogP contribution < -0.4 is 10.6 Å². The fourth-order valence-electron chi connectivity index (χ4n) is 2.22. The number of pyridine rings is 1. The lowest BCUT2D eigenvalue weighted by molar-refractivity contribution is 0.0936. The summed E-state index contributed by atoms with van der Waals surface area (Å²) in [4.78, 5) is 17.8. The zero-order valence-corrected chi connectivity index (χ0v) is 13.2. The van der Waals surface area contributed by atoms with Crippen LogP contribution in [0.5, 0.6) is 0 Å². The Kier molecular flexibility index (Phi) is 5.75. The molecule has 2 aromatic rings. The van der Waals surface area contributed by atoms with Crippen molar-refractivity contribution >= 4 is 22.9 Å². The maximum absolute atomic E-state index is 12.5. The molecule has 0 bridgehead atoms. The third kappa shape index (κ3) is 4.04. The summed E-state index contributed by atoms with van der Waals surface area (Å²) in [5, 5.41) is 8.36. The molecule has 1 amide bonds. The number of carbonyl (C=O) groups is 1. The van der Waals surface area contributed by atoms with Crippen LogP contribution in [-0.2, 0) is 0 Å². The van der Waals surface area contributed by atoms with Gasteiger partial charge in [-0.2, -0.15) is 0 Å². The Balaban J connectivity index is 2.15. The fourth-order valence-corrected chi connectivity index (χ4v) is 3.04. The van der Waals surface area contributed by atoms with E-state index in [-0.39, 0.29) is 11.9 Å². The standard InChI is InChI=1S/C16H21N3OS/c1-3-6-13(15-7-5-10-21-15)19-16(20)12-8-9-17-11-14(12)18-4-2/h5,7-11,13,18H,3-4,6H2,1-2H3,(H,19,20). The molecule has 4 nitrogen and oxygen atoms in total. The van der Waals surface area contributed by atoms with Crippen molar-refractivity contribution in [3.63, 3.8) is 0 Å². The summed E-state index contributed by atoms with van der Waals surface area (Å²) in [6.45, 7) is 4.89. The minimum Gasteiger partial charge on any atom is -0.383 e. The van der Waals surface area contributed by atoms with Crippen molar-refractivity contribution in [3.8, 4) is 0 Å². The van der Waals surface area contributed by atoms with E-state index in [1.54, 1.807) is 29.8 Å². The van der Waals surface area contributed by atoms with Gasteiger partial charge in [-0.3, -0.25) is 9.78 Å². The van der Waals surface area contributed by atoms with E-state index in [1.807, 2.05) is 18.4 Å². The van der Waals surface area contributed by atoms with Crippen molar-refractivity contribution in [2.75, 3.05) is 11.9 Å². The van der Waals surface area contributed by atoms with Crippen molar-refractivity contribution in [2.45, 2.75) is 32.7 Å². The highest BCUT2D eigenvalue weighted by molar-refractivity contribution is 7.10. The van der Waals surface area contributed by atoms with Crippen molar-refractivity contribution < 1.29 is 4.79 Å². The molecule has 0 aliphatic rings. The first-order chi connectivity index (χ1) is 10.3. The minimum absolute atomic E-state index is 0.0554. The van der Waals surface area contributed by atoms with E-state index in [0.29, 0.717) is 5.56 Å². The summed E-state index contributed by atoms with van der Waals surface area (Å²) in [6.07, 6.45) is 5.31. The van der Waals surface area contributed by atoms with E-state index in [9.17, 15) is 4.79 Å². The van der Waals surface area contributed by atoms with Crippen LogP contribution in [-0.4, -0.2) is 17.4 Å². The summed E-state index contributed by atoms with van der Waals surface area (Å²) in [5.74, 6) is -0.0554. The Hall–Kier alpha value is -1.88. The second kappa shape index (κ2) is 7.78. The summed E-state index contributed by atoms with van der Waals surface area (Å²) in [6, 6.07) is 5.92. The molecule has 0 spiro atoms. The van der Waals surface area contributed by atoms with Gasteiger partial charge in [-0.15, -0.1) is 11.3 Å². The van der Waals surface area contributed by atoms with Crippen LogP contribution in [0.1, 0.15) is 48.0 Å². The molecule has 2 rings (SSSR count). The molecule has 0 aliphatic carbocycles. The third-order valence-corrected chi connectivity index (χ3v) is 4.19. The fraction of sp³-hybridized carbons (Fsp3) is 0.375. The highest BCUT2D eigenvalue weighted by Gasteiger charge is 2.18. The Bertz CT molecular complexity index is 569. The zero-order chi connectivity index (χ0) is 15.1. The van der Waals surface area contributed by atoms with Crippen molar-refractivity contribution in [3.05, 3.63) is 46.4 Å². The van der Waals surface area contributed by atoms with Crippen LogP contribution >= 0.6 is 11.3 Å². The van der Waals surface area contributed by atoms with Gasteiger partial charge in [0, 0.05) is 17.6 Å². The number of aromatic nitrogens is 1. The third-order valence-electron chi connectivity index (χ3n) is 3.20. The first kappa shape index (κ1) is 15.5. The van der Waals surface area contributed by atoms with Gasteiger partial charge < -0.3 is 10.6 Å². The highest BCUT2D eigenvalue weighted by atomic mass is 32.1. The predicted molar refractivity (Wildman–Crippen MR) is 87.8 cm³/mol. The van der Waals surface area contributed by atoms with E-state index in [0.717, 1.165) is 25.1 Å². The molecule has 0 aliphatic heterocycles. The van der Waals surface area contributed by atoms with Crippen LogP contribution in [0, 0.1) is 0 Å². The van der Waals surface area contributed by atoms with Gasteiger partial charge in [-0.1, -0.05) is 19.4 Å². The number of nitrogens with zero attached hydrogens (tertiary/aromatic N) is 1. The number of hydrogen-bond donors (Lipinski definition) is 2. The predicted octanol–water partition coefficient (Wildman–Crippen LogP) is 3.85. The number of hydrogen-bond acceptors (Lipinski definition) is 4. The number of amides is 1. The van der Waals surface area contributed by atoms with Gasteiger partial charge in [0.15, 0.2) is 0 Å². The lowest BCUT2D eigenvalue weighted by Gasteiger charge is -2.18. The summed E-state index contributed by atoms with van der Waals surface area (Å²) in [7, 11) is 0. The molecule has 2 aromatic heterocycles. The van der Waals surface area contributed by atoms with Gasteiger partial charge in [0.25, 0.3) is 5.91 Å². The molecular formula is C16H21N3OS. The van der Waals surface area contributed by atoms with Crippen LogP contribution in [0.2, 0.25) is 0 Å². The number of anilines is 1. The van der Waals surface area contributed by atoms with Gasteiger partial charge in [0.2, 0.25) is 0 Å². The molecule has 1 unspecified atom stereocenters. The molecule has 21 heavy (non-hydrogen) atoms. The second-order valence-electron chi connectivity index (χ2n) is 4.78. The SMILES string of the molecule is CCCC(NC(=O)c1ccncc1NCC)c1cccs1. The second-order valence-corrected chi connectivity index (χ2v) is 5.76. The first-order valence-corrected chi connectivity index (χ1v) is 8.16. The van der Waals surface area contributed by atoms with E-state index in [4.69, 9.17) is 0 Å². The molecule has 112 valence electrons. The van der Waals surface area contributed by atoms with E-state index >= 15 is 0 Å². The maximum Gasteiger partial charge on any atom is 0.254 e. The molecule has 0 radical (unpaired) electrons. The lowest BCUT2D eigenvalue weighted by Crippen LogP contribution is -2.28. The maximum atomic E-state index is 12.5. The van der Waals surface area contributed by atoms with Crippen LogP contribution in [0.25, 0.3) is 0 Å². The Morgan fingerprint density at radius 2 is 2.24 bits per heavy atom. The van der Waals surface area contributed by atoms with Gasteiger partial charge >= 0.3 is 0 Å². The number of carbonyl (C=O) groups excluding carboxylic acids is 1. The van der Waals surface area contributed by atoms with Gasteiger partial charge in [-0.25, -0.2) is 0 Å². The molecule has 1 atom stereocenters. The lowest BCUT2D eigenvalue weighted by atomic mass is 10.1. The molecule has 0 saturated carbocycles. The molecule has 2 heterocycles. The van der Waals surface area contributed by atoms with E-state index in [2.05, 4.69) is 28.6 Å². The average Bonchev–Trinajstić information content (AvgIpc) is 3.02. The minimum atomic E-state index is -0.0554. The number of nitrogens with one attached hydrogen (secondary N) is 2. The van der Waals surface area contributed by atoms with Crippen LogP contribution in [0.4, 0.5) is 5.69 Å². The van der Waals surface area contributed by atoms with Crippen molar-refractivity contribution in [1.82, 2.24) is 10.3 Å². The largest absolute Gasteiger partial charge is 0.383 e. The van der Waals surface area contributed by atoms with Crippen molar-refractivity contribution in [1.29, 1.82) is 0 Å². The topological polar surface area (TPSA) is 54.0 Å². The van der Waals surface area contributed by atoms with Crippen LogP contribution in [0.15, 0.2) is 36.0 Å². The van der Waals surface area contributed by atoms with E-state index in [1.165, 1.54) is 4.88 Å². The Morgan fingerprint density at radius 3 is 2.90 bits per heavy atom. The molecule has 5 heteroatoms. The summed E-state index contributed by atoms with van der Waals surface area (Å²) < 4.78 is 0. The highest BCUT2D eigenvalue weighted by Crippen LogP contribution is 2.24. The van der Waals surface area contributed by atoms with Crippen molar-refractivity contribution in [2.24, 2.45) is 0 Å². The van der Waals surface area contributed by atoms with E-state index < -0.39 is 0 Å². The molecule has 0 saturated heterocycles. The Morgan fingerprint density at radius 1 is 1.38 bits per heavy atom. The monoisotopic (exact) mass is 303 g/mol. The smallest absolute Gasteiger partial charge is 0.254 e.